The molecule has 0 aliphatic rings. The smallest absolute Gasteiger partial charge is 0.410 e. The molecule has 0 heterocycles. The van der Waals surface area contributed by atoms with Crippen LogP contribution in [0.5, 0.6) is 0 Å². The van der Waals surface area contributed by atoms with Crippen LogP contribution in [0.3, 0.4) is 0 Å². The van der Waals surface area contributed by atoms with Gasteiger partial charge in [-0.15, -0.1) is 0 Å². The lowest BCUT2D eigenvalue weighted by molar-refractivity contribution is 0.0245. The summed E-state index contributed by atoms with van der Waals surface area (Å²) in [5.41, 5.74) is -0.311. The van der Waals surface area contributed by atoms with E-state index in [-0.39, 0.29) is 11.5 Å². The number of amides is 1. The van der Waals surface area contributed by atoms with Crippen LogP contribution < -0.4 is 0 Å². The van der Waals surface area contributed by atoms with Crippen molar-refractivity contribution in [1.82, 2.24) is 4.90 Å². The van der Waals surface area contributed by atoms with Gasteiger partial charge in [-0.3, -0.25) is 0 Å². The summed E-state index contributed by atoms with van der Waals surface area (Å²) in [7, 11) is 1.76. The summed E-state index contributed by atoms with van der Waals surface area (Å²) in [6.45, 7) is 12.6. The predicted molar refractivity (Wildman–Crippen MR) is 58.3 cm³/mol. The first kappa shape index (κ1) is 13.3. The van der Waals surface area contributed by atoms with E-state index in [1.54, 1.807) is 11.9 Å². The summed E-state index contributed by atoms with van der Waals surface area (Å²) < 4.78 is 5.23. The molecule has 0 rings (SSSR count). The van der Waals surface area contributed by atoms with Crippen LogP contribution in [0.1, 0.15) is 41.5 Å². The van der Waals surface area contributed by atoms with Gasteiger partial charge in [0, 0.05) is 13.6 Å². The summed E-state index contributed by atoms with van der Waals surface area (Å²) in [4.78, 5) is 13.2. The van der Waals surface area contributed by atoms with Crippen LogP contribution in [-0.2, 0) is 4.74 Å². The lowest BCUT2D eigenvalue weighted by Gasteiger charge is -2.29. The molecule has 0 saturated carbocycles. The maximum atomic E-state index is 11.5. The highest BCUT2D eigenvalue weighted by atomic mass is 16.6. The van der Waals surface area contributed by atoms with E-state index in [1.807, 2.05) is 20.8 Å². The Bertz CT molecular complexity index is 198. The average Bonchev–Trinajstić information content (AvgIpc) is 1.78. The van der Waals surface area contributed by atoms with Gasteiger partial charge in [0.25, 0.3) is 0 Å². The molecule has 0 spiro atoms. The normalized spacial score (nSPS) is 12.5. The third kappa shape index (κ3) is 6.75. The van der Waals surface area contributed by atoms with Crippen molar-refractivity contribution in [2.75, 3.05) is 13.6 Å². The first-order chi connectivity index (χ1) is 6.01. The number of rotatable bonds is 1. The number of hydrogen-bond donors (Lipinski definition) is 0. The summed E-state index contributed by atoms with van der Waals surface area (Å²) in [6.07, 6.45) is -0.257. The van der Waals surface area contributed by atoms with Crippen LogP contribution in [0.15, 0.2) is 0 Å². The molecule has 0 atom stereocenters. The number of carbonyl (C=O) groups excluding carboxylic acids is 1. The quantitative estimate of drug-likeness (QED) is 0.653. The molecule has 0 fully saturated rings. The Balaban J connectivity index is 4.15. The second-order valence-electron chi connectivity index (χ2n) is 5.90. The fourth-order valence-electron chi connectivity index (χ4n) is 1.12. The molecule has 3 heteroatoms. The van der Waals surface area contributed by atoms with Gasteiger partial charge in [0.1, 0.15) is 5.60 Å². The van der Waals surface area contributed by atoms with Gasteiger partial charge in [0.2, 0.25) is 0 Å². The Morgan fingerprint density at radius 3 is 1.86 bits per heavy atom. The van der Waals surface area contributed by atoms with Crippen LogP contribution in [0.4, 0.5) is 4.79 Å². The largest absolute Gasteiger partial charge is 0.444 e. The minimum atomic E-state index is -0.413. The van der Waals surface area contributed by atoms with E-state index in [0.717, 1.165) is 0 Å². The van der Waals surface area contributed by atoms with Crippen molar-refractivity contribution in [2.45, 2.75) is 47.1 Å². The molecule has 0 aromatic heterocycles. The van der Waals surface area contributed by atoms with Crippen molar-refractivity contribution in [3.8, 4) is 0 Å². The minimum Gasteiger partial charge on any atom is -0.444 e. The second-order valence-corrected chi connectivity index (χ2v) is 5.90. The van der Waals surface area contributed by atoms with Crippen molar-refractivity contribution < 1.29 is 9.53 Å². The van der Waals surface area contributed by atoms with Crippen molar-refractivity contribution in [2.24, 2.45) is 5.41 Å². The molecule has 14 heavy (non-hydrogen) atoms. The summed E-state index contributed by atoms with van der Waals surface area (Å²) in [5, 5.41) is 0. The molecule has 0 aromatic carbocycles. The maximum Gasteiger partial charge on any atom is 0.410 e. The van der Waals surface area contributed by atoms with Gasteiger partial charge in [-0.2, -0.15) is 0 Å². The molecule has 84 valence electrons. The zero-order chi connectivity index (χ0) is 11.6. The number of nitrogens with zero attached hydrogens (tertiary/aromatic N) is 1. The Morgan fingerprint density at radius 2 is 1.57 bits per heavy atom. The van der Waals surface area contributed by atoms with Crippen LogP contribution in [0.25, 0.3) is 0 Å². The second kappa shape index (κ2) is 4.20. The fourth-order valence-corrected chi connectivity index (χ4v) is 1.12. The molecule has 3 nitrogen and oxygen atoms in total. The van der Waals surface area contributed by atoms with Gasteiger partial charge in [-0.25, -0.2) is 4.79 Å². The van der Waals surface area contributed by atoms with Gasteiger partial charge in [-0.1, -0.05) is 20.8 Å². The number of hydrogen-bond acceptors (Lipinski definition) is 2. The van der Waals surface area contributed by atoms with Crippen molar-refractivity contribution >= 4 is 6.09 Å². The third-order valence-corrected chi connectivity index (χ3v) is 1.42. The number of ether oxygens (including phenoxy) is 1. The SMILES string of the molecule is CN(CC(C)(C)C)C(=O)OC(C)(C)C. The van der Waals surface area contributed by atoms with E-state index in [1.165, 1.54) is 0 Å². The molecule has 0 saturated heterocycles. The van der Waals surface area contributed by atoms with Crippen molar-refractivity contribution in [1.29, 1.82) is 0 Å². The molecular weight excluding hydrogens is 178 g/mol. The van der Waals surface area contributed by atoms with Crippen molar-refractivity contribution in [3.05, 3.63) is 0 Å². The highest BCUT2D eigenvalue weighted by Gasteiger charge is 2.22. The summed E-state index contributed by atoms with van der Waals surface area (Å²) in [5.74, 6) is 0. The Labute approximate surface area is 87.4 Å². The van der Waals surface area contributed by atoms with Gasteiger partial charge < -0.3 is 9.64 Å². The van der Waals surface area contributed by atoms with Gasteiger partial charge in [0.15, 0.2) is 0 Å². The Morgan fingerprint density at radius 1 is 1.14 bits per heavy atom. The Hall–Kier alpha value is -0.730. The standard InChI is InChI=1S/C11H23NO2/c1-10(2,3)8-12(7)9(13)14-11(4,5)6/h8H2,1-7H3. The fraction of sp³-hybridized carbons (Fsp3) is 0.909. The molecule has 1 amide bonds. The van der Waals surface area contributed by atoms with Crippen LogP contribution in [0, 0.1) is 5.41 Å². The van der Waals surface area contributed by atoms with Crippen LogP contribution >= 0.6 is 0 Å². The van der Waals surface area contributed by atoms with Crippen LogP contribution in [0.2, 0.25) is 0 Å². The van der Waals surface area contributed by atoms with Gasteiger partial charge in [-0.05, 0) is 26.2 Å². The lowest BCUT2D eigenvalue weighted by atomic mass is 9.96. The molecule has 0 aliphatic heterocycles. The zero-order valence-electron chi connectivity index (χ0n) is 10.5. The monoisotopic (exact) mass is 201 g/mol. The first-order valence-electron chi connectivity index (χ1n) is 4.95. The first-order valence-corrected chi connectivity index (χ1v) is 4.95. The third-order valence-electron chi connectivity index (χ3n) is 1.42. The maximum absolute atomic E-state index is 11.5. The van der Waals surface area contributed by atoms with E-state index in [9.17, 15) is 4.79 Å². The van der Waals surface area contributed by atoms with Gasteiger partial charge in [0.05, 0.1) is 0 Å². The van der Waals surface area contributed by atoms with E-state index in [4.69, 9.17) is 4.74 Å². The molecule has 0 N–H and O–H groups in total. The molecular formula is C11H23NO2. The predicted octanol–water partition coefficient (Wildman–Crippen LogP) is 2.90. The average molecular weight is 201 g/mol. The molecule has 0 aromatic rings. The Kier molecular flexibility index (Phi) is 3.98. The summed E-state index contributed by atoms with van der Waals surface area (Å²) in [6, 6.07) is 0. The van der Waals surface area contributed by atoms with E-state index >= 15 is 0 Å². The molecule has 0 radical (unpaired) electrons. The molecule has 0 bridgehead atoms. The highest BCUT2D eigenvalue weighted by Crippen LogP contribution is 2.16. The number of carbonyl (C=O) groups is 1. The lowest BCUT2D eigenvalue weighted by Crippen LogP contribution is -2.38. The summed E-state index contributed by atoms with van der Waals surface area (Å²) >= 11 is 0. The molecule has 0 aliphatic carbocycles. The zero-order valence-corrected chi connectivity index (χ0v) is 10.5. The van der Waals surface area contributed by atoms with Crippen molar-refractivity contribution in [3.63, 3.8) is 0 Å². The van der Waals surface area contributed by atoms with E-state index < -0.39 is 5.60 Å². The van der Waals surface area contributed by atoms with Crippen LogP contribution in [-0.4, -0.2) is 30.2 Å². The highest BCUT2D eigenvalue weighted by molar-refractivity contribution is 5.67. The van der Waals surface area contributed by atoms with E-state index in [0.29, 0.717) is 6.54 Å². The van der Waals surface area contributed by atoms with E-state index in [2.05, 4.69) is 20.8 Å². The minimum absolute atomic E-state index is 0.103. The topological polar surface area (TPSA) is 29.5 Å². The molecule has 0 unspecified atom stereocenters. The van der Waals surface area contributed by atoms with Gasteiger partial charge >= 0.3 is 6.09 Å².